The van der Waals surface area contributed by atoms with Gasteiger partial charge in [-0.1, -0.05) is 11.8 Å². The molecule has 178 valence electrons. The molecule has 9 heteroatoms. The van der Waals surface area contributed by atoms with E-state index in [1.165, 1.54) is 48.8 Å². The average molecular weight is 489 g/mol. The summed E-state index contributed by atoms with van der Waals surface area (Å²) in [4.78, 5) is 19.1. The average Bonchev–Trinajstić information content (AvgIpc) is 3.33. The van der Waals surface area contributed by atoms with Crippen molar-refractivity contribution in [2.75, 3.05) is 29.1 Å². The zero-order chi connectivity index (χ0) is 24.0. The molecule has 0 aliphatic carbocycles. The molecular formula is C26H25FN6OS. The summed E-state index contributed by atoms with van der Waals surface area (Å²) in [5.74, 6) is 0.283. The lowest BCUT2D eigenvalue weighted by Crippen LogP contribution is -2.29. The lowest BCUT2D eigenvalue weighted by molar-refractivity contribution is -0.113. The number of anilines is 2. The number of piperidine rings is 1. The second-order valence-corrected chi connectivity index (χ2v) is 9.23. The van der Waals surface area contributed by atoms with Crippen LogP contribution >= 0.6 is 11.8 Å². The third-order valence-electron chi connectivity index (χ3n) is 5.86. The third-order valence-corrected chi connectivity index (χ3v) is 6.79. The molecular weight excluding hydrogens is 463 g/mol. The Balaban J connectivity index is 1.29. The van der Waals surface area contributed by atoms with Gasteiger partial charge in [0.25, 0.3) is 0 Å². The number of rotatable bonds is 7. The molecule has 1 aliphatic rings. The summed E-state index contributed by atoms with van der Waals surface area (Å²) in [6, 6.07) is 17.8. The molecule has 1 saturated heterocycles. The van der Waals surface area contributed by atoms with E-state index < -0.39 is 0 Å². The highest BCUT2D eigenvalue weighted by atomic mass is 32.2. The smallest absolute Gasteiger partial charge is 0.234 e. The van der Waals surface area contributed by atoms with E-state index >= 15 is 0 Å². The maximum absolute atomic E-state index is 13.5. The van der Waals surface area contributed by atoms with Gasteiger partial charge in [0.05, 0.1) is 5.75 Å². The minimum Gasteiger partial charge on any atom is -0.372 e. The van der Waals surface area contributed by atoms with Crippen LogP contribution in [0.4, 0.5) is 15.8 Å². The van der Waals surface area contributed by atoms with Crippen molar-refractivity contribution in [1.82, 2.24) is 19.7 Å². The molecule has 0 atom stereocenters. The van der Waals surface area contributed by atoms with Gasteiger partial charge in [-0.2, -0.15) is 0 Å². The molecule has 4 aromatic rings. The van der Waals surface area contributed by atoms with E-state index in [1.54, 1.807) is 24.5 Å². The van der Waals surface area contributed by atoms with Gasteiger partial charge in [0.2, 0.25) is 5.91 Å². The number of nitrogens with zero attached hydrogens (tertiary/aromatic N) is 5. The Kier molecular flexibility index (Phi) is 7.04. The number of thioether (sulfide) groups is 1. The van der Waals surface area contributed by atoms with E-state index in [0.29, 0.717) is 16.7 Å². The molecule has 0 spiro atoms. The van der Waals surface area contributed by atoms with Crippen molar-refractivity contribution in [2.45, 2.75) is 24.4 Å². The zero-order valence-electron chi connectivity index (χ0n) is 19.1. The number of amides is 1. The van der Waals surface area contributed by atoms with Crippen LogP contribution in [0.2, 0.25) is 0 Å². The Bertz CT molecular complexity index is 1270. The van der Waals surface area contributed by atoms with E-state index in [0.717, 1.165) is 24.3 Å². The van der Waals surface area contributed by atoms with Gasteiger partial charge in [-0.15, -0.1) is 10.2 Å². The summed E-state index contributed by atoms with van der Waals surface area (Å²) in [5, 5.41) is 12.1. The Hall–Kier alpha value is -3.72. The predicted octanol–water partition coefficient (Wildman–Crippen LogP) is 5.19. The fourth-order valence-electron chi connectivity index (χ4n) is 4.11. The first kappa shape index (κ1) is 23.0. The number of pyridine rings is 1. The third kappa shape index (κ3) is 5.51. The molecule has 0 saturated carbocycles. The number of benzene rings is 2. The van der Waals surface area contributed by atoms with Crippen molar-refractivity contribution >= 4 is 29.0 Å². The number of aromatic nitrogens is 4. The Morgan fingerprint density at radius 1 is 0.886 bits per heavy atom. The van der Waals surface area contributed by atoms with Crippen LogP contribution in [0.3, 0.4) is 0 Å². The highest BCUT2D eigenvalue weighted by Gasteiger charge is 2.18. The number of halogens is 1. The molecule has 1 N–H and O–H groups in total. The maximum Gasteiger partial charge on any atom is 0.234 e. The Labute approximate surface area is 207 Å². The maximum atomic E-state index is 13.5. The summed E-state index contributed by atoms with van der Waals surface area (Å²) in [7, 11) is 0. The first-order chi connectivity index (χ1) is 17.2. The molecule has 2 aromatic heterocycles. The lowest BCUT2D eigenvalue weighted by Gasteiger charge is -2.28. The number of hydrogen-bond acceptors (Lipinski definition) is 6. The van der Waals surface area contributed by atoms with E-state index in [1.807, 2.05) is 28.8 Å². The number of carbonyl (C=O) groups is 1. The van der Waals surface area contributed by atoms with Gasteiger partial charge < -0.3 is 10.2 Å². The molecule has 3 heterocycles. The minimum absolute atomic E-state index is 0.139. The summed E-state index contributed by atoms with van der Waals surface area (Å²) >= 11 is 1.27. The van der Waals surface area contributed by atoms with Crippen molar-refractivity contribution in [3.8, 4) is 17.1 Å². The first-order valence-electron chi connectivity index (χ1n) is 11.6. The summed E-state index contributed by atoms with van der Waals surface area (Å²) in [5.41, 5.74) is 3.48. The van der Waals surface area contributed by atoms with Gasteiger partial charge in [-0.25, -0.2) is 4.39 Å². The second kappa shape index (κ2) is 10.7. The summed E-state index contributed by atoms with van der Waals surface area (Å²) < 4.78 is 15.4. The topological polar surface area (TPSA) is 75.9 Å². The molecule has 1 aliphatic heterocycles. The monoisotopic (exact) mass is 488 g/mol. The lowest BCUT2D eigenvalue weighted by atomic mass is 10.1. The van der Waals surface area contributed by atoms with Crippen LogP contribution in [0.25, 0.3) is 17.1 Å². The van der Waals surface area contributed by atoms with Crippen LogP contribution in [0.5, 0.6) is 0 Å². The van der Waals surface area contributed by atoms with Crippen molar-refractivity contribution in [3.05, 3.63) is 78.9 Å². The van der Waals surface area contributed by atoms with E-state index in [4.69, 9.17) is 0 Å². The molecule has 1 fully saturated rings. The van der Waals surface area contributed by atoms with Crippen LogP contribution in [-0.2, 0) is 4.79 Å². The van der Waals surface area contributed by atoms with Gasteiger partial charge in [0.15, 0.2) is 11.0 Å². The van der Waals surface area contributed by atoms with Crippen LogP contribution in [0, 0.1) is 5.82 Å². The fourth-order valence-corrected chi connectivity index (χ4v) is 4.86. The van der Waals surface area contributed by atoms with Gasteiger partial charge >= 0.3 is 0 Å². The van der Waals surface area contributed by atoms with Crippen LogP contribution < -0.4 is 10.2 Å². The van der Waals surface area contributed by atoms with E-state index in [-0.39, 0.29) is 17.5 Å². The summed E-state index contributed by atoms with van der Waals surface area (Å²) in [6.45, 7) is 2.16. The predicted molar refractivity (Wildman–Crippen MR) is 136 cm³/mol. The highest BCUT2D eigenvalue weighted by Crippen LogP contribution is 2.28. The van der Waals surface area contributed by atoms with Gasteiger partial charge in [-0.3, -0.25) is 14.3 Å². The first-order valence-corrected chi connectivity index (χ1v) is 12.6. The number of carbonyl (C=O) groups excluding carboxylic acids is 1. The fraction of sp³-hybridized carbons (Fsp3) is 0.231. The molecule has 0 radical (unpaired) electrons. The molecule has 5 rings (SSSR count). The largest absolute Gasteiger partial charge is 0.372 e. The zero-order valence-corrected chi connectivity index (χ0v) is 19.9. The molecule has 0 unspecified atom stereocenters. The quantitative estimate of drug-likeness (QED) is 0.361. The second-order valence-electron chi connectivity index (χ2n) is 8.29. The van der Waals surface area contributed by atoms with Crippen LogP contribution in [-0.4, -0.2) is 44.5 Å². The van der Waals surface area contributed by atoms with Crippen LogP contribution in [0.1, 0.15) is 19.3 Å². The highest BCUT2D eigenvalue weighted by molar-refractivity contribution is 7.99. The molecule has 1 amide bonds. The van der Waals surface area contributed by atoms with Crippen LogP contribution in [0.15, 0.2) is 78.2 Å². The van der Waals surface area contributed by atoms with Crippen molar-refractivity contribution in [3.63, 3.8) is 0 Å². The minimum atomic E-state index is -0.327. The standard InChI is InChI=1S/C26H25FN6OS/c27-20-4-8-23(9-5-20)33-25(19-12-14-28-15-13-19)30-31-26(33)35-18-24(34)29-21-6-10-22(11-7-21)32-16-2-1-3-17-32/h4-15H,1-3,16-18H2,(H,29,34). The van der Waals surface area contributed by atoms with E-state index in [9.17, 15) is 9.18 Å². The summed E-state index contributed by atoms with van der Waals surface area (Å²) in [6.07, 6.45) is 7.09. The normalized spacial score (nSPS) is 13.6. The SMILES string of the molecule is O=C(CSc1nnc(-c2ccncc2)n1-c1ccc(F)cc1)Nc1ccc(N2CCCCC2)cc1. The Morgan fingerprint density at radius 2 is 1.57 bits per heavy atom. The van der Waals surface area contributed by atoms with E-state index in [2.05, 4.69) is 37.5 Å². The Morgan fingerprint density at radius 3 is 2.29 bits per heavy atom. The van der Waals surface area contributed by atoms with Gasteiger partial charge in [-0.05, 0) is 79.9 Å². The number of nitrogens with one attached hydrogen (secondary N) is 1. The molecule has 7 nitrogen and oxygen atoms in total. The molecule has 35 heavy (non-hydrogen) atoms. The number of hydrogen-bond donors (Lipinski definition) is 1. The molecule has 0 bridgehead atoms. The van der Waals surface area contributed by atoms with Gasteiger partial charge in [0.1, 0.15) is 5.82 Å². The molecule has 2 aromatic carbocycles. The van der Waals surface area contributed by atoms with Crippen molar-refractivity contribution < 1.29 is 9.18 Å². The van der Waals surface area contributed by atoms with Crippen molar-refractivity contribution in [2.24, 2.45) is 0 Å². The van der Waals surface area contributed by atoms with Gasteiger partial charge in [0, 0.05) is 48.1 Å². The van der Waals surface area contributed by atoms with Crippen molar-refractivity contribution in [1.29, 1.82) is 0 Å².